The summed E-state index contributed by atoms with van der Waals surface area (Å²) in [6, 6.07) is 6.03. The molecule has 2 aromatic heterocycles. The molecule has 0 unspecified atom stereocenters. The van der Waals surface area contributed by atoms with E-state index in [4.69, 9.17) is 15.3 Å². The van der Waals surface area contributed by atoms with Gasteiger partial charge in [0.15, 0.2) is 11.4 Å². The maximum absolute atomic E-state index is 11.0. The zero-order valence-corrected chi connectivity index (χ0v) is 10.1. The number of ether oxygens (including phenoxy) is 1. The lowest BCUT2D eigenvalue weighted by atomic mass is 10.3. The van der Waals surface area contributed by atoms with Crippen LogP contribution in [0.15, 0.2) is 18.5 Å². The van der Waals surface area contributed by atoms with E-state index in [9.17, 15) is 10.1 Å². The Kier molecular flexibility index (Phi) is 3.27. The average molecular weight is 270 g/mol. The Balaban J connectivity index is 2.75. The average Bonchev–Trinajstić information content (AvgIpc) is 2.89. The molecule has 2 rings (SSSR count). The van der Waals surface area contributed by atoms with Crippen LogP contribution < -0.4 is 4.74 Å². The summed E-state index contributed by atoms with van der Waals surface area (Å²) in [5, 5.41) is 28.9. The molecule has 0 saturated carbocycles. The summed E-state index contributed by atoms with van der Waals surface area (Å²) < 4.78 is 5.98. The smallest absolute Gasteiger partial charge is 0.312 e. The maximum Gasteiger partial charge on any atom is 0.312 e. The Morgan fingerprint density at radius 1 is 1.40 bits per heavy atom. The molecule has 0 aromatic carbocycles. The summed E-state index contributed by atoms with van der Waals surface area (Å²) in [6.07, 6.45) is 1.13. The third kappa shape index (κ3) is 2.00. The van der Waals surface area contributed by atoms with Gasteiger partial charge in [0.2, 0.25) is 11.7 Å². The monoisotopic (exact) mass is 270 g/mol. The highest BCUT2D eigenvalue weighted by molar-refractivity contribution is 5.52. The van der Waals surface area contributed by atoms with E-state index in [0.29, 0.717) is 0 Å². The van der Waals surface area contributed by atoms with Gasteiger partial charge in [-0.3, -0.25) is 14.7 Å². The molecule has 0 spiro atoms. The van der Waals surface area contributed by atoms with Crippen molar-refractivity contribution in [2.75, 3.05) is 7.11 Å². The van der Waals surface area contributed by atoms with Crippen molar-refractivity contribution in [3.8, 4) is 23.8 Å². The highest BCUT2D eigenvalue weighted by Gasteiger charge is 2.22. The lowest BCUT2D eigenvalue weighted by Gasteiger charge is -2.05. The summed E-state index contributed by atoms with van der Waals surface area (Å²) in [5.74, 6) is 0.00148. The Bertz CT molecular complexity index is 767. The zero-order chi connectivity index (χ0) is 14.7. The number of nitriles is 2. The van der Waals surface area contributed by atoms with E-state index >= 15 is 0 Å². The lowest BCUT2D eigenvalue weighted by Crippen LogP contribution is -2.05. The highest BCUT2D eigenvalue weighted by atomic mass is 16.6. The van der Waals surface area contributed by atoms with Gasteiger partial charge in [-0.25, -0.2) is 4.98 Å². The number of hydrogen-bond donors (Lipinski definition) is 0. The number of aromatic nitrogens is 3. The SMILES string of the molecule is COc1ccc([N+](=O)[O-])c(-n2cnc(C#N)c2C#N)n1. The molecule has 0 aliphatic heterocycles. The van der Waals surface area contributed by atoms with Crippen LogP contribution in [0.1, 0.15) is 11.4 Å². The summed E-state index contributed by atoms with van der Waals surface area (Å²) in [6.45, 7) is 0. The Morgan fingerprint density at radius 3 is 2.70 bits per heavy atom. The predicted molar refractivity (Wildman–Crippen MR) is 64.0 cm³/mol. The van der Waals surface area contributed by atoms with Crippen LogP contribution in [0.5, 0.6) is 5.88 Å². The van der Waals surface area contributed by atoms with E-state index in [1.54, 1.807) is 12.1 Å². The van der Waals surface area contributed by atoms with Crippen molar-refractivity contribution >= 4 is 5.69 Å². The summed E-state index contributed by atoms with van der Waals surface area (Å²) in [5.41, 5.74) is -0.591. The van der Waals surface area contributed by atoms with Crippen LogP contribution >= 0.6 is 0 Å². The van der Waals surface area contributed by atoms with Gasteiger partial charge in [0.1, 0.15) is 18.5 Å². The van der Waals surface area contributed by atoms with Crippen molar-refractivity contribution in [2.45, 2.75) is 0 Å². The van der Waals surface area contributed by atoms with E-state index in [2.05, 4.69) is 9.97 Å². The molecule has 0 saturated heterocycles. The second-order valence-corrected chi connectivity index (χ2v) is 3.49. The third-order valence-electron chi connectivity index (χ3n) is 2.44. The quantitative estimate of drug-likeness (QED) is 0.598. The van der Waals surface area contributed by atoms with Crippen LogP contribution in [0.3, 0.4) is 0 Å². The van der Waals surface area contributed by atoms with E-state index < -0.39 is 4.92 Å². The van der Waals surface area contributed by atoms with Gasteiger partial charge in [-0.15, -0.1) is 0 Å². The normalized spacial score (nSPS) is 9.55. The molecule has 9 heteroatoms. The summed E-state index contributed by atoms with van der Waals surface area (Å²) in [4.78, 5) is 18.0. The molecule has 9 nitrogen and oxygen atoms in total. The van der Waals surface area contributed by atoms with Crippen LogP contribution in [-0.4, -0.2) is 26.6 Å². The molecular weight excluding hydrogens is 264 g/mol. The second kappa shape index (κ2) is 5.04. The molecule has 2 aromatic rings. The summed E-state index contributed by atoms with van der Waals surface area (Å²) in [7, 11) is 1.36. The molecular formula is C11H6N6O3. The van der Waals surface area contributed by atoms with E-state index in [0.717, 1.165) is 10.9 Å². The van der Waals surface area contributed by atoms with Crippen molar-refractivity contribution in [2.24, 2.45) is 0 Å². The second-order valence-electron chi connectivity index (χ2n) is 3.49. The molecule has 0 aliphatic carbocycles. The van der Waals surface area contributed by atoms with E-state index in [-0.39, 0.29) is 28.8 Å². The standard InChI is InChI=1S/C11H6N6O3/c1-20-10-3-2-8(17(18)19)11(15-10)16-6-14-7(4-12)9(16)5-13/h2-3,6H,1H3. The number of methoxy groups -OCH3 is 1. The number of nitro groups is 1. The van der Waals surface area contributed by atoms with Crippen molar-refractivity contribution < 1.29 is 9.66 Å². The molecule has 0 atom stereocenters. The number of pyridine rings is 1. The first-order valence-corrected chi connectivity index (χ1v) is 5.19. The van der Waals surface area contributed by atoms with Crippen LogP contribution in [0.25, 0.3) is 5.82 Å². The fourth-order valence-electron chi connectivity index (χ4n) is 1.55. The van der Waals surface area contributed by atoms with Crippen LogP contribution in [-0.2, 0) is 0 Å². The number of nitrogens with zero attached hydrogens (tertiary/aromatic N) is 6. The molecule has 0 bridgehead atoms. The van der Waals surface area contributed by atoms with Crippen LogP contribution in [0, 0.1) is 32.8 Å². The van der Waals surface area contributed by atoms with E-state index in [1.807, 2.05) is 0 Å². The number of rotatable bonds is 3. The minimum absolute atomic E-state index is 0.128. The van der Waals surface area contributed by atoms with Gasteiger partial charge in [-0.1, -0.05) is 0 Å². The predicted octanol–water partition coefficient (Wildman–Crippen LogP) is 0.927. The molecule has 0 aliphatic rings. The first-order valence-electron chi connectivity index (χ1n) is 5.19. The van der Waals surface area contributed by atoms with Gasteiger partial charge in [0, 0.05) is 12.1 Å². The minimum atomic E-state index is -0.644. The van der Waals surface area contributed by atoms with Crippen molar-refractivity contribution in [1.82, 2.24) is 14.5 Å². The van der Waals surface area contributed by atoms with Crippen LogP contribution in [0.2, 0.25) is 0 Å². The van der Waals surface area contributed by atoms with Gasteiger partial charge in [0.25, 0.3) is 0 Å². The van der Waals surface area contributed by atoms with Crippen LogP contribution in [0.4, 0.5) is 5.69 Å². The zero-order valence-electron chi connectivity index (χ0n) is 10.1. The summed E-state index contributed by atoms with van der Waals surface area (Å²) >= 11 is 0. The molecule has 2 heterocycles. The molecule has 0 N–H and O–H groups in total. The maximum atomic E-state index is 11.0. The van der Waals surface area contributed by atoms with Gasteiger partial charge >= 0.3 is 5.69 Å². The van der Waals surface area contributed by atoms with Gasteiger partial charge in [-0.05, 0) is 0 Å². The molecule has 98 valence electrons. The van der Waals surface area contributed by atoms with Crippen molar-refractivity contribution in [1.29, 1.82) is 10.5 Å². The molecule has 0 fully saturated rings. The Labute approximate surface area is 112 Å². The fraction of sp³-hybridized carbons (Fsp3) is 0.0909. The number of imidazole rings is 1. The lowest BCUT2D eigenvalue weighted by molar-refractivity contribution is -0.384. The minimum Gasteiger partial charge on any atom is -0.481 e. The highest BCUT2D eigenvalue weighted by Crippen LogP contribution is 2.25. The Morgan fingerprint density at radius 2 is 2.15 bits per heavy atom. The van der Waals surface area contributed by atoms with Gasteiger partial charge in [0.05, 0.1) is 12.0 Å². The van der Waals surface area contributed by atoms with Crippen molar-refractivity contribution in [3.05, 3.63) is 40.0 Å². The van der Waals surface area contributed by atoms with E-state index in [1.165, 1.54) is 19.2 Å². The van der Waals surface area contributed by atoms with Crippen molar-refractivity contribution in [3.63, 3.8) is 0 Å². The topological polar surface area (TPSA) is 131 Å². The third-order valence-corrected chi connectivity index (χ3v) is 2.44. The first-order chi connectivity index (χ1) is 9.62. The largest absolute Gasteiger partial charge is 0.481 e. The fourth-order valence-corrected chi connectivity index (χ4v) is 1.55. The Hall–Kier alpha value is -3.46. The first kappa shape index (κ1) is 13.0. The molecule has 20 heavy (non-hydrogen) atoms. The molecule has 0 radical (unpaired) electrons. The van der Waals surface area contributed by atoms with Gasteiger partial charge in [-0.2, -0.15) is 15.5 Å². The number of hydrogen-bond acceptors (Lipinski definition) is 7. The van der Waals surface area contributed by atoms with Gasteiger partial charge < -0.3 is 4.74 Å². The molecule has 0 amide bonds.